The quantitative estimate of drug-likeness (QED) is 0.474. The largest absolute Gasteiger partial charge is 0.483 e. The number of anilines is 3. The van der Waals surface area contributed by atoms with E-state index in [-0.39, 0.29) is 12.5 Å². The molecule has 2 heterocycles. The number of benzene rings is 2. The zero-order chi connectivity index (χ0) is 21.6. The first kappa shape index (κ1) is 20.1. The van der Waals surface area contributed by atoms with E-state index in [9.17, 15) is 4.79 Å². The lowest BCUT2D eigenvalue weighted by Gasteiger charge is -2.11. The summed E-state index contributed by atoms with van der Waals surface area (Å²) in [7, 11) is 0. The summed E-state index contributed by atoms with van der Waals surface area (Å²) in [6.45, 7) is 3.80. The topological polar surface area (TPSA) is 94.0 Å². The maximum atomic E-state index is 12.2. The number of aromatic nitrogens is 4. The Morgan fingerprint density at radius 3 is 2.52 bits per heavy atom. The number of aryl methyl sites for hydroxylation is 2. The summed E-state index contributed by atoms with van der Waals surface area (Å²) in [6.07, 6.45) is 5.07. The number of hydrogen-bond acceptors (Lipinski definition) is 6. The number of para-hydroxylation sites is 1. The van der Waals surface area contributed by atoms with Crippen LogP contribution in [0.4, 0.5) is 17.2 Å². The minimum Gasteiger partial charge on any atom is -0.483 e. The molecular weight excluding hydrogens is 392 g/mol. The van der Waals surface area contributed by atoms with Crippen LogP contribution < -0.4 is 15.4 Å². The van der Waals surface area contributed by atoms with Crippen molar-refractivity contribution in [3.8, 4) is 11.6 Å². The molecule has 0 aliphatic carbocycles. The summed E-state index contributed by atoms with van der Waals surface area (Å²) in [6, 6.07) is 16.8. The van der Waals surface area contributed by atoms with E-state index in [1.807, 2.05) is 79.2 Å². The van der Waals surface area contributed by atoms with Gasteiger partial charge in [0.1, 0.15) is 29.5 Å². The van der Waals surface area contributed by atoms with Crippen LogP contribution in [0.5, 0.6) is 5.75 Å². The molecule has 8 nitrogen and oxygen atoms in total. The molecule has 0 aliphatic heterocycles. The van der Waals surface area contributed by atoms with Gasteiger partial charge < -0.3 is 15.4 Å². The van der Waals surface area contributed by atoms with Crippen LogP contribution in [0.2, 0.25) is 0 Å². The number of nitrogens with zero attached hydrogens (tertiary/aromatic N) is 4. The van der Waals surface area contributed by atoms with Crippen LogP contribution in [0.15, 0.2) is 73.3 Å². The predicted octanol–water partition coefficient (Wildman–Crippen LogP) is 4.04. The molecular formula is C23H22N6O2. The number of carbonyl (C=O) groups excluding carboxylic acids is 1. The first-order valence-electron chi connectivity index (χ1n) is 9.76. The van der Waals surface area contributed by atoms with Gasteiger partial charge in [0.15, 0.2) is 6.61 Å². The highest BCUT2D eigenvalue weighted by molar-refractivity contribution is 5.92. The molecule has 8 heteroatoms. The number of ether oxygens (including phenoxy) is 1. The van der Waals surface area contributed by atoms with E-state index in [2.05, 4.69) is 25.6 Å². The minimum absolute atomic E-state index is 0.0533. The van der Waals surface area contributed by atoms with Crippen LogP contribution in [0.3, 0.4) is 0 Å². The molecule has 0 aliphatic rings. The minimum atomic E-state index is -0.222. The molecule has 0 saturated carbocycles. The van der Waals surface area contributed by atoms with Crippen molar-refractivity contribution in [2.24, 2.45) is 0 Å². The summed E-state index contributed by atoms with van der Waals surface area (Å²) >= 11 is 0. The monoisotopic (exact) mass is 414 g/mol. The Kier molecular flexibility index (Phi) is 5.89. The Morgan fingerprint density at radius 2 is 1.77 bits per heavy atom. The van der Waals surface area contributed by atoms with Crippen LogP contribution in [0.25, 0.3) is 5.82 Å². The highest BCUT2D eigenvalue weighted by Gasteiger charge is 2.07. The lowest BCUT2D eigenvalue weighted by atomic mass is 10.2. The van der Waals surface area contributed by atoms with Crippen LogP contribution in [-0.4, -0.2) is 32.0 Å². The molecule has 31 heavy (non-hydrogen) atoms. The molecule has 0 atom stereocenters. The molecule has 0 fully saturated rings. The number of carbonyl (C=O) groups is 1. The van der Waals surface area contributed by atoms with E-state index >= 15 is 0 Å². The smallest absolute Gasteiger partial charge is 0.262 e. The van der Waals surface area contributed by atoms with Gasteiger partial charge in [0.2, 0.25) is 0 Å². The molecule has 2 aromatic carbocycles. The first-order valence-corrected chi connectivity index (χ1v) is 9.76. The summed E-state index contributed by atoms with van der Waals surface area (Å²) in [4.78, 5) is 24.9. The SMILES string of the molecule is Cc1ccccc1OCC(=O)Nc1ccc(Nc2cc(-n3ccnc3C)ncn2)cc1. The van der Waals surface area contributed by atoms with Crippen molar-refractivity contribution in [1.29, 1.82) is 0 Å². The van der Waals surface area contributed by atoms with Gasteiger partial charge >= 0.3 is 0 Å². The van der Waals surface area contributed by atoms with Crippen LogP contribution in [-0.2, 0) is 4.79 Å². The number of imidazole rings is 1. The number of amides is 1. The molecule has 4 aromatic rings. The summed E-state index contributed by atoms with van der Waals surface area (Å²) < 4.78 is 7.46. The van der Waals surface area contributed by atoms with Gasteiger partial charge in [0.05, 0.1) is 0 Å². The van der Waals surface area contributed by atoms with E-state index in [1.54, 1.807) is 6.20 Å². The van der Waals surface area contributed by atoms with Gasteiger partial charge in [-0.3, -0.25) is 9.36 Å². The zero-order valence-electron chi connectivity index (χ0n) is 17.2. The second-order valence-electron chi connectivity index (χ2n) is 6.91. The number of nitrogens with one attached hydrogen (secondary N) is 2. The van der Waals surface area contributed by atoms with Crippen molar-refractivity contribution in [3.63, 3.8) is 0 Å². The van der Waals surface area contributed by atoms with Gasteiger partial charge in [0, 0.05) is 29.8 Å². The molecule has 2 aromatic heterocycles. The Balaban J connectivity index is 1.35. The van der Waals surface area contributed by atoms with Gasteiger partial charge in [0.25, 0.3) is 5.91 Å². The van der Waals surface area contributed by atoms with E-state index in [4.69, 9.17) is 4.74 Å². The molecule has 0 saturated heterocycles. The van der Waals surface area contributed by atoms with Gasteiger partial charge in [-0.05, 0) is 49.7 Å². The predicted molar refractivity (Wildman–Crippen MR) is 119 cm³/mol. The van der Waals surface area contributed by atoms with Crippen molar-refractivity contribution in [3.05, 3.63) is 84.7 Å². The van der Waals surface area contributed by atoms with E-state index in [0.29, 0.717) is 17.3 Å². The third-order valence-electron chi connectivity index (χ3n) is 4.62. The Bertz CT molecular complexity index is 1190. The maximum absolute atomic E-state index is 12.2. The summed E-state index contributed by atoms with van der Waals surface area (Å²) in [5.74, 6) is 2.70. The number of rotatable bonds is 7. The Labute approximate surface area is 180 Å². The second kappa shape index (κ2) is 9.08. The van der Waals surface area contributed by atoms with E-state index < -0.39 is 0 Å². The zero-order valence-corrected chi connectivity index (χ0v) is 17.2. The molecule has 0 unspecified atom stereocenters. The van der Waals surface area contributed by atoms with Crippen molar-refractivity contribution in [2.45, 2.75) is 13.8 Å². The fourth-order valence-corrected chi connectivity index (χ4v) is 3.01. The van der Waals surface area contributed by atoms with Gasteiger partial charge in [-0.25, -0.2) is 15.0 Å². The van der Waals surface area contributed by atoms with Crippen molar-refractivity contribution in [2.75, 3.05) is 17.2 Å². The Morgan fingerprint density at radius 1 is 1.00 bits per heavy atom. The third-order valence-corrected chi connectivity index (χ3v) is 4.62. The van der Waals surface area contributed by atoms with Crippen LogP contribution >= 0.6 is 0 Å². The van der Waals surface area contributed by atoms with E-state index in [0.717, 1.165) is 22.9 Å². The average molecular weight is 414 g/mol. The maximum Gasteiger partial charge on any atom is 0.262 e. The van der Waals surface area contributed by atoms with Crippen molar-refractivity contribution < 1.29 is 9.53 Å². The average Bonchev–Trinajstić information content (AvgIpc) is 3.21. The van der Waals surface area contributed by atoms with Crippen LogP contribution in [0.1, 0.15) is 11.4 Å². The fourth-order valence-electron chi connectivity index (χ4n) is 3.01. The second-order valence-corrected chi connectivity index (χ2v) is 6.91. The summed E-state index contributed by atoms with van der Waals surface area (Å²) in [5, 5.41) is 6.07. The third kappa shape index (κ3) is 5.05. The van der Waals surface area contributed by atoms with Crippen molar-refractivity contribution >= 4 is 23.1 Å². The lowest BCUT2D eigenvalue weighted by molar-refractivity contribution is -0.118. The molecule has 0 bridgehead atoms. The molecule has 0 radical (unpaired) electrons. The Hall–Kier alpha value is -4.20. The highest BCUT2D eigenvalue weighted by Crippen LogP contribution is 2.20. The molecule has 4 rings (SSSR count). The van der Waals surface area contributed by atoms with Gasteiger partial charge in [-0.15, -0.1) is 0 Å². The standard InChI is InChI=1S/C23H22N6O2/c1-16-5-3-4-6-20(16)31-14-23(30)28-19-9-7-18(8-10-19)27-21-13-22(26-15-25-21)29-12-11-24-17(29)2/h3-13,15H,14H2,1-2H3,(H,28,30)(H,25,26,27). The molecule has 0 spiro atoms. The lowest BCUT2D eigenvalue weighted by Crippen LogP contribution is -2.20. The molecule has 1 amide bonds. The van der Waals surface area contributed by atoms with Crippen LogP contribution in [0, 0.1) is 13.8 Å². The highest BCUT2D eigenvalue weighted by atomic mass is 16.5. The van der Waals surface area contributed by atoms with Gasteiger partial charge in [-0.2, -0.15) is 0 Å². The molecule has 156 valence electrons. The normalized spacial score (nSPS) is 10.5. The number of hydrogen-bond donors (Lipinski definition) is 2. The van der Waals surface area contributed by atoms with E-state index in [1.165, 1.54) is 6.33 Å². The van der Waals surface area contributed by atoms with Gasteiger partial charge in [-0.1, -0.05) is 18.2 Å². The first-order chi connectivity index (χ1) is 15.1. The fraction of sp³-hybridized carbons (Fsp3) is 0.130. The molecule has 2 N–H and O–H groups in total. The summed E-state index contributed by atoms with van der Waals surface area (Å²) in [5.41, 5.74) is 2.50. The van der Waals surface area contributed by atoms with Crippen molar-refractivity contribution in [1.82, 2.24) is 19.5 Å².